The lowest BCUT2D eigenvalue weighted by molar-refractivity contribution is 0.407. The van der Waals surface area contributed by atoms with Crippen LogP contribution in [0.3, 0.4) is 0 Å². The summed E-state index contributed by atoms with van der Waals surface area (Å²) in [5.41, 5.74) is 3.45. The molecule has 1 N–H and O–H groups in total. The van der Waals surface area contributed by atoms with Crippen LogP contribution in [0.15, 0.2) is 35.1 Å². The van der Waals surface area contributed by atoms with E-state index < -0.39 is 0 Å². The summed E-state index contributed by atoms with van der Waals surface area (Å²) in [7, 11) is 0. The molecular weight excluding hydrogens is 392 g/mol. The molecule has 1 aliphatic carbocycles. The van der Waals surface area contributed by atoms with Crippen LogP contribution in [-0.4, -0.2) is 14.6 Å². The van der Waals surface area contributed by atoms with Gasteiger partial charge in [-0.2, -0.15) is 9.61 Å². The fourth-order valence-corrected chi connectivity index (χ4v) is 5.35. The third-order valence-electron chi connectivity index (χ3n) is 6.18. The number of nitrogens with zero attached hydrogens (tertiary/aromatic N) is 3. The molecule has 4 rings (SSSR count). The van der Waals surface area contributed by atoms with Crippen LogP contribution < -0.4 is 10.9 Å². The van der Waals surface area contributed by atoms with E-state index in [1.54, 1.807) is 6.07 Å². The molecule has 5 nitrogen and oxygen atoms in total. The number of nitrogens with one attached hydrogen (secondary N) is 1. The minimum Gasteiger partial charge on any atom is -0.304 e. The predicted molar refractivity (Wildman–Crippen MR) is 123 cm³/mol. The second kappa shape index (κ2) is 9.40. The van der Waals surface area contributed by atoms with Crippen LogP contribution in [0.4, 0.5) is 0 Å². The maximum atomic E-state index is 12.4. The normalized spacial score (nSPS) is 16.4. The minimum absolute atomic E-state index is 0.106. The molecule has 0 amide bonds. The number of hydrogen-bond donors (Lipinski definition) is 1. The van der Waals surface area contributed by atoms with E-state index in [4.69, 9.17) is 0 Å². The van der Waals surface area contributed by atoms with Crippen molar-refractivity contribution in [3.8, 4) is 0 Å². The van der Waals surface area contributed by atoms with Crippen molar-refractivity contribution in [3.05, 3.63) is 62.5 Å². The second-order valence-corrected chi connectivity index (χ2v) is 9.77. The van der Waals surface area contributed by atoms with Crippen LogP contribution in [0.5, 0.6) is 0 Å². The van der Waals surface area contributed by atoms with Gasteiger partial charge in [-0.1, -0.05) is 75.6 Å². The van der Waals surface area contributed by atoms with Gasteiger partial charge in [-0.15, -0.1) is 0 Å². The molecule has 1 aromatic carbocycles. The van der Waals surface area contributed by atoms with Crippen LogP contribution in [-0.2, 0) is 13.0 Å². The average molecular weight is 425 g/mol. The molecule has 0 radical (unpaired) electrons. The second-order valence-electron chi connectivity index (χ2n) is 8.73. The summed E-state index contributed by atoms with van der Waals surface area (Å²) in [6.07, 6.45) is 7.57. The Morgan fingerprint density at radius 2 is 1.90 bits per heavy atom. The van der Waals surface area contributed by atoms with Gasteiger partial charge in [0.25, 0.3) is 5.56 Å². The summed E-state index contributed by atoms with van der Waals surface area (Å²) in [5, 5.41) is 8.90. The first-order chi connectivity index (χ1) is 14.5. The minimum atomic E-state index is -0.106. The van der Waals surface area contributed by atoms with Crippen LogP contribution in [0, 0.1) is 5.92 Å². The van der Waals surface area contributed by atoms with Gasteiger partial charge in [-0.3, -0.25) is 4.79 Å². The van der Waals surface area contributed by atoms with Gasteiger partial charge >= 0.3 is 0 Å². The fourth-order valence-electron chi connectivity index (χ4n) is 4.49. The SMILES string of the molecule is CCc1nn2c(=O)cc(CNC(c3ccc(C4CCCCC4)cc3)C(C)C)nc2s1. The lowest BCUT2D eigenvalue weighted by Crippen LogP contribution is -2.27. The quantitative estimate of drug-likeness (QED) is 0.563. The Morgan fingerprint density at radius 1 is 1.17 bits per heavy atom. The van der Waals surface area contributed by atoms with Crippen LogP contribution >= 0.6 is 11.3 Å². The average Bonchev–Trinajstić information content (AvgIpc) is 3.19. The zero-order valence-electron chi connectivity index (χ0n) is 18.2. The Hall–Kier alpha value is -2.05. The highest BCUT2D eigenvalue weighted by molar-refractivity contribution is 7.16. The summed E-state index contributed by atoms with van der Waals surface area (Å²) in [6.45, 7) is 7.07. The maximum Gasteiger partial charge on any atom is 0.275 e. The largest absolute Gasteiger partial charge is 0.304 e. The Bertz CT molecular complexity index is 1030. The summed E-state index contributed by atoms with van der Waals surface area (Å²) >= 11 is 1.49. The molecule has 3 aromatic rings. The Balaban J connectivity index is 1.48. The smallest absolute Gasteiger partial charge is 0.275 e. The topological polar surface area (TPSA) is 59.3 Å². The van der Waals surface area contributed by atoms with E-state index >= 15 is 0 Å². The van der Waals surface area contributed by atoms with Gasteiger partial charge in [-0.05, 0) is 42.2 Å². The van der Waals surface area contributed by atoms with Gasteiger partial charge in [0.15, 0.2) is 0 Å². The van der Waals surface area contributed by atoms with Crippen molar-refractivity contribution in [3.63, 3.8) is 0 Å². The van der Waals surface area contributed by atoms with Crippen molar-refractivity contribution in [1.82, 2.24) is 19.9 Å². The van der Waals surface area contributed by atoms with Gasteiger partial charge in [0.05, 0.1) is 5.69 Å². The zero-order chi connectivity index (χ0) is 21.1. The van der Waals surface area contributed by atoms with Crippen molar-refractivity contribution in [2.75, 3.05) is 0 Å². The Morgan fingerprint density at radius 3 is 2.57 bits per heavy atom. The molecule has 1 saturated carbocycles. The zero-order valence-corrected chi connectivity index (χ0v) is 19.0. The third-order valence-corrected chi connectivity index (χ3v) is 7.24. The Kier molecular flexibility index (Phi) is 6.64. The summed E-state index contributed by atoms with van der Waals surface area (Å²) < 4.78 is 1.41. The van der Waals surface area contributed by atoms with E-state index in [0.29, 0.717) is 17.4 Å². The van der Waals surface area contributed by atoms with Gasteiger partial charge in [0.2, 0.25) is 4.96 Å². The van der Waals surface area contributed by atoms with E-state index in [0.717, 1.165) is 23.0 Å². The molecule has 2 heterocycles. The molecule has 1 fully saturated rings. The molecule has 30 heavy (non-hydrogen) atoms. The molecule has 0 saturated heterocycles. The molecular formula is C24H32N4OS. The molecule has 0 spiro atoms. The standard InChI is InChI=1S/C24H32N4OS/c1-4-21-27-28-22(29)14-20(26-24(28)30-21)15-25-23(16(2)3)19-12-10-18(11-13-19)17-8-6-5-7-9-17/h10-14,16-17,23,25H,4-9,15H2,1-3H3. The van der Waals surface area contributed by atoms with Crippen molar-refractivity contribution in [1.29, 1.82) is 0 Å². The molecule has 0 bridgehead atoms. The summed E-state index contributed by atoms with van der Waals surface area (Å²) in [4.78, 5) is 17.7. The van der Waals surface area contributed by atoms with Crippen molar-refractivity contribution in [2.24, 2.45) is 5.92 Å². The van der Waals surface area contributed by atoms with Crippen molar-refractivity contribution >= 4 is 16.3 Å². The molecule has 6 heteroatoms. The monoisotopic (exact) mass is 424 g/mol. The highest BCUT2D eigenvalue weighted by Gasteiger charge is 2.19. The number of aromatic nitrogens is 3. The van der Waals surface area contributed by atoms with E-state index in [-0.39, 0.29) is 11.6 Å². The van der Waals surface area contributed by atoms with Gasteiger partial charge in [-0.25, -0.2) is 4.98 Å². The highest BCUT2D eigenvalue weighted by Crippen LogP contribution is 2.33. The fraction of sp³-hybridized carbons (Fsp3) is 0.542. The molecule has 2 aromatic heterocycles. The van der Waals surface area contributed by atoms with Crippen molar-refractivity contribution in [2.45, 2.75) is 77.8 Å². The first-order valence-electron chi connectivity index (χ1n) is 11.3. The van der Waals surface area contributed by atoms with Crippen LogP contribution in [0.25, 0.3) is 4.96 Å². The molecule has 160 valence electrons. The molecule has 0 aliphatic heterocycles. The molecule has 1 unspecified atom stereocenters. The lowest BCUT2D eigenvalue weighted by atomic mass is 9.83. The summed E-state index contributed by atoms with van der Waals surface area (Å²) in [6, 6.07) is 11.0. The summed E-state index contributed by atoms with van der Waals surface area (Å²) in [5.74, 6) is 1.17. The third kappa shape index (κ3) is 4.65. The number of hydrogen-bond acceptors (Lipinski definition) is 5. The maximum absolute atomic E-state index is 12.4. The first kappa shape index (κ1) is 21.2. The lowest BCUT2D eigenvalue weighted by Gasteiger charge is -2.25. The number of fused-ring (bicyclic) bond motifs is 1. The van der Waals surface area contributed by atoms with Gasteiger partial charge in [0, 0.05) is 18.7 Å². The van der Waals surface area contributed by atoms with E-state index in [2.05, 4.69) is 53.5 Å². The first-order valence-corrected chi connectivity index (χ1v) is 12.1. The van der Waals surface area contributed by atoms with E-state index in [1.807, 2.05) is 6.92 Å². The highest BCUT2D eigenvalue weighted by atomic mass is 32.1. The van der Waals surface area contributed by atoms with Crippen LogP contribution in [0.1, 0.15) is 86.7 Å². The van der Waals surface area contributed by atoms with Crippen molar-refractivity contribution < 1.29 is 0 Å². The molecule has 1 aliphatic rings. The Labute approximate surface area is 182 Å². The number of benzene rings is 1. The predicted octanol–water partition coefficient (Wildman–Crippen LogP) is 5.25. The van der Waals surface area contributed by atoms with Gasteiger partial charge < -0.3 is 5.32 Å². The number of rotatable bonds is 7. The number of aryl methyl sites for hydroxylation is 1. The molecule has 1 atom stereocenters. The van der Waals surface area contributed by atoms with Crippen LogP contribution in [0.2, 0.25) is 0 Å². The van der Waals surface area contributed by atoms with Gasteiger partial charge in [0.1, 0.15) is 5.01 Å². The van der Waals surface area contributed by atoms with E-state index in [9.17, 15) is 4.79 Å². The van der Waals surface area contributed by atoms with E-state index in [1.165, 1.54) is 59.1 Å².